The summed E-state index contributed by atoms with van der Waals surface area (Å²) in [4.78, 5) is 35.0. The Kier molecular flexibility index (Phi) is 4.84. The fourth-order valence-electron chi connectivity index (χ4n) is 4.32. The zero-order valence-corrected chi connectivity index (χ0v) is 16.8. The van der Waals surface area contributed by atoms with Crippen molar-refractivity contribution in [3.05, 3.63) is 75.4 Å². The number of amides is 1. The normalized spacial score (nSPS) is 19.4. The van der Waals surface area contributed by atoms with Gasteiger partial charge in [-0.25, -0.2) is 0 Å². The lowest BCUT2D eigenvalue weighted by Gasteiger charge is -2.30. The number of morpholine rings is 1. The Hall–Kier alpha value is -3.03. The van der Waals surface area contributed by atoms with Crippen LogP contribution in [0.2, 0.25) is 0 Å². The van der Waals surface area contributed by atoms with E-state index in [-0.39, 0.29) is 17.1 Å². The van der Waals surface area contributed by atoms with E-state index in [2.05, 4.69) is 9.88 Å². The minimum Gasteiger partial charge on any atom is -0.450 e. The monoisotopic (exact) mass is 405 g/mol. The summed E-state index contributed by atoms with van der Waals surface area (Å²) < 4.78 is 11.4. The van der Waals surface area contributed by atoms with Crippen molar-refractivity contribution in [2.45, 2.75) is 13.0 Å². The van der Waals surface area contributed by atoms with Gasteiger partial charge in [-0.2, -0.15) is 0 Å². The number of pyridine rings is 1. The molecule has 5 rings (SSSR count). The Bertz CT molecular complexity index is 1150. The number of benzene rings is 1. The Morgan fingerprint density at radius 1 is 1.13 bits per heavy atom. The summed E-state index contributed by atoms with van der Waals surface area (Å²) in [5.41, 5.74) is 2.49. The smallest absolute Gasteiger partial charge is 0.290 e. The molecule has 1 atom stereocenters. The van der Waals surface area contributed by atoms with Crippen LogP contribution in [0.15, 0.2) is 51.9 Å². The molecular weight excluding hydrogens is 382 g/mol. The molecule has 154 valence electrons. The molecule has 0 spiro atoms. The molecule has 0 aliphatic carbocycles. The van der Waals surface area contributed by atoms with Crippen molar-refractivity contribution in [2.24, 2.45) is 0 Å². The van der Waals surface area contributed by atoms with Crippen LogP contribution in [0.25, 0.3) is 11.0 Å². The number of carbonyl (C=O) groups is 1. The Morgan fingerprint density at radius 3 is 2.73 bits per heavy atom. The van der Waals surface area contributed by atoms with Gasteiger partial charge in [-0.1, -0.05) is 17.7 Å². The lowest BCUT2D eigenvalue weighted by atomic mass is 9.99. The molecule has 0 saturated carbocycles. The van der Waals surface area contributed by atoms with E-state index in [0.717, 1.165) is 24.2 Å². The summed E-state index contributed by atoms with van der Waals surface area (Å²) >= 11 is 0. The molecule has 7 heteroatoms. The third-order valence-electron chi connectivity index (χ3n) is 5.88. The highest BCUT2D eigenvalue weighted by molar-refractivity contribution is 5.99. The van der Waals surface area contributed by atoms with Crippen LogP contribution in [0.1, 0.15) is 33.3 Å². The number of hydrogen-bond donors (Lipinski definition) is 0. The van der Waals surface area contributed by atoms with E-state index in [9.17, 15) is 9.59 Å². The predicted octanol–water partition coefficient (Wildman–Crippen LogP) is 2.37. The standard InChI is InChI=1S/C23H23N3O4/c1-15-4-5-18-17(13-15)21(27)19-20(16-3-2-6-24-14-16)26(23(28)22(19)30-18)8-7-25-9-11-29-12-10-25/h2-6,13-14,20H,7-12H2,1H3/t20-/m1/s1. The topological polar surface area (TPSA) is 75.9 Å². The van der Waals surface area contributed by atoms with E-state index >= 15 is 0 Å². The van der Waals surface area contributed by atoms with Crippen molar-refractivity contribution >= 4 is 16.9 Å². The molecule has 30 heavy (non-hydrogen) atoms. The lowest BCUT2D eigenvalue weighted by Crippen LogP contribution is -2.42. The Balaban J connectivity index is 1.60. The molecule has 4 heterocycles. The van der Waals surface area contributed by atoms with E-state index in [4.69, 9.17) is 9.15 Å². The van der Waals surface area contributed by atoms with Gasteiger partial charge in [0.05, 0.1) is 30.2 Å². The van der Waals surface area contributed by atoms with Gasteiger partial charge in [-0.3, -0.25) is 19.5 Å². The summed E-state index contributed by atoms with van der Waals surface area (Å²) in [6.07, 6.45) is 3.40. The third kappa shape index (κ3) is 3.20. The van der Waals surface area contributed by atoms with Gasteiger partial charge >= 0.3 is 0 Å². The fourth-order valence-corrected chi connectivity index (χ4v) is 4.32. The van der Waals surface area contributed by atoms with Gasteiger partial charge in [0.1, 0.15) is 5.58 Å². The molecule has 0 unspecified atom stereocenters. The van der Waals surface area contributed by atoms with Crippen LogP contribution < -0.4 is 5.43 Å². The molecular formula is C23H23N3O4. The molecule has 1 amide bonds. The Morgan fingerprint density at radius 2 is 1.97 bits per heavy atom. The SMILES string of the molecule is Cc1ccc2oc3c(c(=O)c2c1)[C@@H](c1cccnc1)N(CCN1CCOCC1)C3=O. The number of fused-ring (bicyclic) bond motifs is 2. The molecule has 1 aromatic carbocycles. The quantitative estimate of drug-likeness (QED) is 0.663. The van der Waals surface area contributed by atoms with Crippen LogP contribution in [0.5, 0.6) is 0 Å². The van der Waals surface area contributed by atoms with Crippen LogP contribution in [0.3, 0.4) is 0 Å². The maximum absolute atomic E-state index is 13.5. The van der Waals surface area contributed by atoms with Crippen molar-refractivity contribution in [2.75, 3.05) is 39.4 Å². The van der Waals surface area contributed by atoms with Crippen LogP contribution in [0.4, 0.5) is 0 Å². The zero-order valence-electron chi connectivity index (χ0n) is 16.8. The molecule has 3 aromatic rings. The maximum Gasteiger partial charge on any atom is 0.290 e. The number of aryl methyl sites for hydroxylation is 1. The third-order valence-corrected chi connectivity index (χ3v) is 5.88. The summed E-state index contributed by atoms with van der Waals surface area (Å²) in [5, 5.41) is 0.505. The zero-order chi connectivity index (χ0) is 20.7. The largest absolute Gasteiger partial charge is 0.450 e. The molecule has 2 aromatic heterocycles. The fraction of sp³-hybridized carbons (Fsp3) is 0.348. The van der Waals surface area contributed by atoms with Gasteiger partial charge < -0.3 is 14.1 Å². The van der Waals surface area contributed by atoms with E-state index in [1.165, 1.54) is 0 Å². The average Bonchev–Trinajstić information content (AvgIpc) is 3.06. The highest BCUT2D eigenvalue weighted by Crippen LogP contribution is 2.37. The number of carbonyl (C=O) groups excluding carboxylic acids is 1. The summed E-state index contributed by atoms with van der Waals surface area (Å²) in [6.45, 7) is 6.23. The van der Waals surface area contributed by atoms with Crippen LogP contribution in [-0.2, 0) is 4.74 Å². The van der Waals surface area contributed by atoms with Gasteiger partial charge in [0.15, 0.2) is 5.43 Å². The minimum atomic E-state index is -0.497. The van der Waals surface area contributed by atoms with Crippen LogP contribution in [0, 0.1) is 6.92 Å². The second-order valence-corrected chi connectivity index (χ2v) is 7.82. The van der Waals surface area contributed by atoms with E-state index in [0.29, 0.717) is 42.8 Å². The van der Waals surface area contributed by atoms with Crippen molar-refractivity contribution in [1.29, 1.82) is 0 Å². The number of rotatable bonds is 4. The van der Waals surface area contributed by atoms with Gasteiger partial charge in [-0.05, 0) is 30.7 Å². The second kappa shape index (κ2) is 7.66. The molecule has 7 nitrogen and oxygen atoms in total. The first-order valence-corrected chi connectivity index (χ1v) is 10.2. The van der Waals surface area contributed by atoms with Gasteiger partial charge in [0.2, 0.25) is 5.76 Å². The van der Waals surface area contributed by atoms with Gasteiger partial charge in [0, 0.05) is 38.6 Å². The van der Waals surface area contributed by atoms with E-state index in [1.54, 1.807) is 23.4 Å². The summed E-state index contributed by atoms with van der Waals surface area (Å²) in [6, 6.07) is 8.69. The minimum absolute atomic E-state index is 0.146. The van der Waals surface area contributed by atoms with Crippen LogP contribution in [-0.4, -0.2) is 60.1 Å². The first-order valence-electron chi connectivity index (χ1n) is 10.2. The first-order chi connectivity index (χ1) is 14.6. The first kappa shape index (κ1) is 19.0. The van der Waals surface area contributed by atoms with Crippen molar-refractivity contribution < 1.29 is 13.9 Å². The van der Waals surface area contributed by atoms with Crippen molar-refractivity contribution in [1.82, 2.24) is 14.8 Å². The summed E-state index contributed by atoms with van der Waals surface area (Å²) in [5.74, 6) is -0.0983. The molecule has 2 aliphatic heterocycles. The molecule has 1 saturated heterocycles. The van der Waals surface area contributed by atoms with Crippen molar-refractivity contribution in [3.63, 3.8) is 0 Å². The number of hydrogen-bond acceptors (Lipinski definition) is 6. The second-order valence-electron chi connectivity index (χ2n) is 7.82. The average molecular weight is 405 g/mol. The van der Waals surface area contributed by atoms with Gasteiger partial charge in [-0.15, -0.1) is 0 Å². The van der Waals surface area contributed by atoms with E-state index < -0.39 is 6.04 Å². The molecule has 0 bridgehead atoms. The van der Waals surface area contributed by atoms with Gasteiger partial charge in [0.25, 0.3) is 5.91 Å². The molecule has 0 radical (unpaired) electrons. The predicted molar refractivity (Wildman–Crippen MR) is 112 cm³/mol. The maximum atomic E-state index is 13.5. The number of ether oxygens (including phenoxy) is 1. The number of aromatic nitrogens is 1. The highest BCUT2D eigenvalue weighted by atomic mass is 16.5. The molecule has 2 aliphatic rings. The summed E-state index contributed by atoms with van der Waals surface area (Å²) in [7, 11) is 0. The Labute approximate surface area is 173 Å². The molecule has 1 fully saturated rings. The number of nitrogens with zero attached hydrogens (tertiary/aromatic N) is 3. The van der Waals surface area contributed by atoms with Crippen LogP contribution >= 0.6 is 0 Å². The molecule has 0 N–H and O–H groups in total. The van der Waals surface area contributed by atoms with Crippen molar-refractivity contribution in [3.8, 4) is 0 Å². The highest BCUT2D eigenvalue weighted by Gasteiger charge is 2.42. The lowest BCUT2D eigenvalue weighted by molar-refractivity contribution is 0.0314. The van der Waals surface area contributed by atoms with E-state index in [1.807, 2.05) is 31.2 Å².